The molecular weight excluding hydrogens is 248 g/mol. The average Bonchev–Trinajstić information content (AvgIpc) is 2.83. The molecular formula is C18H14S. The lowest BCUT2D eigenvalue weighted by molar-refractivity contribution is 1.75. The Balaban J connectivity index is 2.29. The summed E-state index contributed by atoms with van der Waals surface area (Å²) in [5, 5.41) is 2.64. The molecule has 0 aliphatic rings. The third kappa shape index (κ3) is 2.02. The Morgan fingerprint density at radius 2 is 1.79 bits per heavy atom. The normalized spacial score (nSPS) is 11.4. The van der Waals surface area contributed by atoms with Gasteiger partial charge in [-0.3, -0.25) is 0 Å². The first-order valence-corrected chi connectivity index (χ1v) is 7.01. The van der Waals surface area contributed by atoms with Crippen LogP contribution in [-0.4, -0.2) is 0 Å². The second-order valence-corrected chi connectivity index (χ2v) is 5.45. The predicted octanol–water partition coefficient (Wildman–Crippen LogP) is 5.81. The van der Waals surface area contributed by atoms with Crippen molar-refractivity contribution in [2.75, 3.05) is 0 Å². The van der Waals surface area contributed by atoms with Crippen molar-refractivity contribution in [1.82, 2.24) is 0 Å². The molecule has 0 atom stereocenters. The molecule has 19 heavy (non-hydrogen) atoms. The molecule has 1 heteroatoms. The SMILES string of the molecule is C=C/C=C\C(=C)c1cccc2c1sc1ccccc12. The maximum absolute atomic E-state index is 4.15. The van der Waals surface area contributed by atoms with E-state index in [-0.39, 0.29) is 0 Å². The fourth-order valence-electron chi connectivity index (χ4n) is 2.27. The van der Waals surface area contributed by atoms with Gasteiger partial charge in [0.1, 0.15) is 0 Å². The van der Waals surface area contributed by atoms with Crippen LogP contribution in [0.5, 0.6) is 0 Å². The van der Waals surface area contributed by atoms with Crippen LogP contribution in [0.2, 0.25) is 0 Å². The second kappa shape index (κ2) is 4.87. The van der Waals surface area contributed by atoms with E-state index >= 15 is 0 Å². The summed E-state index contributed by atoms with van der Waals surface area (Å²) in [7, 11) is 0. The molecule has 1 heterocycles. The van der Waals surface area contributed by atoms with Crippen LogP contribution < -0.4 is 0 Å². The third-order valence-corrected chi connectivity index (χ3v) is 4.40. The first kappa shape index (κ1) is 11.9. The third-order valence-electron chi connectivity index (χ3n) is 3.18. The Hall–Kier alpha value is -2.12. The predicted molar refractivity (Wildman–Crippen MR) is 87.7 cm³/mol. The molecule has 0 saturated carbocycles. The monoisotopic (exact) mass is 262 g/mol. The van der Waals surface area contributed by atoms with E-state index in [9.17, 15) is 0 Å². The molecule has 2 aromatic carbocycles. The minimum Gasteiger partial charge on any atom is -0.135 e. The summed E-state index contributed by atoms with van der Waals surface area (Å²) in [5.74, 6) is 0. The number of rotatable bonds is 3. The molecule has 0 fully saturated rings. The zero-order chi connectivity index (χ0) is 13.2. The van der Waals surface area contributed by atoms with Gasteiger partial charge in [-0.1, -0.05) is 67.8 Å². The van der Waals surface area contributed by atoms with E-state index in [2.05, 4.69) is 55.6 Å². The molecule has 3 aromatic rings. The Kier molecular flexibility index (Phi) is 3.06. The Labute approximate surface area is 117 Å². The standard InChI is InChI=1S/C18H14S/c1-3-4-8-13(2)14-10-7-11-16-15-9-5-6-12-17(15)19-18(14)16/h3-12H,1-2H2/b8-4-. The molecule has 0 spiro atoms. The summed E-state index contributed by atoms with van der Waals surface area (Å²) in [5.41, 5.74) is 2.23. The second-order valence-electron chi connectivity index (χ2n) is 4.40. The lowest BCUT2D eigenvalue weighted by Gasteiger charge is -2.02. The Morgan fingerprint density at radius 1 is 1.00 bits per heavy atom. The van der Waals surface area contributed by atoms with Crippen LogP contribution in [0.15, 0.2) is 73.9 Å². The van der Waals surface area contributed by atoms with Crippen LogP contribution >= 0.6 is 11.3 Å². The van der Waals surface area contributed by atoms with Crippen LogP contribution in [0.4, 0.5) is 0 Å². The van der Waals surface area contributed by atoms with Gasteiger partial charge in [0, 0.05) is 20.2 Å². The van der Waals surface area contributed by atoms with Crippen molar-refractivity contribution in [2.45, 2.75) is 0 Å². The highest BCUT2D eigenvalue weighted by atomic mass is 32.1. The van der Waals surface area contributed by atoms with Gasteiger partial charge in [0.05, 0.1) is 0 Å². The van der Waals surface area contributed by atoms with Crippen LogP contribution in [-0.2, 0) is 0 Å². The van der Waals surface area contributed by atoms with Gasteiger partial charge in [-0.15, -0.1) is 11.3 Å². The van der Waals surface area contributed by atoms with Crippen molar-refractivity contribution in [2.24, 2.45) is 0 Å². The van der Waals surface area contributed by atoms with E-state index < -0.39 is 0 Å². The highest BCUT2D eigenvalue weighted by molar-refractivity contribution is 7.26. The van der Waals surface area contributed by atoms with E-state index in [1.54, 1.807) is 6.08 Å². The molecule has 0 radical (unpaired) electrons. The molecule has 0 aliphatic heterocycles. The van der Waals surface area contributed by atoms with E-state index in [0.717, 1.165) is 5.57 Å². The van der Waals surface area contributed by atoms with E-state index in [1.165, 1.54) is 25.7 Å². The zero-order valence-electron chi connectivity index (χ0n) is 10.6. The van der Waals surface area contributed by atoms with Crippen molar-refractivity contribution in [3.8, 4) is 0 Å². The van der Waals surface area contributed by atoms with Gasteiger partial charge in [0.25, 0.3) is 0 Å². The molecule has 0 unspecified atom stereocenters. The molecule has 0 aliphatic carbocycles. The molecule has 0 saturated heterocycles. The molecule has 0 N–H and O–H groups in total. The average molecular weight is 262 g/mol. The largest absolute Gasteiger partial charge is 0.135 e. The topological polar surface area (TPSA) is 0 Å². The van der Waals surface area contributed by atoms with Crippen LogP contribution in [0, 0.1) is 0 Å². The van der Waals surface area contributed by atoms with Crippen molar-refractivity contribution in [3.63, 3.8) is 0 Å². The Bertz CT molecular complexity index is 803. The highest BCUT2D eigenvalue weighted by Gasteiger charge is 2.08. The molecule has 0 nitrogen and oxygen atoms in total. The van der Waals surface area contributed by atoms with Crippen molar-refractivity contribution >= 4 is 37.1 Å². The van der Waals surface area contributed by atoms with Gasteiger partial charge in [-0.25, -0.2) is 0 Å². The van der Waals surface area contributed by atoms with Crippen LogP contribution in [0.3, 0.4) is 0 Å². The van der Waals surface area contributed by atoms with Gasteiger partial charge >= 0.3 is 0 Å². The molecule has 92 valence electrons. The lowest BCUT2D eigenvalue weighted by Crippen LogP contribution is -1.78. The van der Waals surface area contributed by atoms with Gasteiger partial charge in [-0.05, 0) is 17.2 Å². The van der Waals surface area contributed by atoms with Crippen molar-refractivity contribution < 1.29 is 0 Å². The van der Waals surface area contributed by atoms with Gasteiger partial charge in [0.2, 0.25) is 0 Å². The van der Waals surface area contributed by atoms with Gasteiger partial charge in [-0.2, -0.15) is 0 Å². The van der Waals surface area contributed by atoms with E-state index in [4.69, 9.17) is 0 Å². The first-order valence-electron chi connectivity index (χ1n) is 6.20. The van der Waals surface area contributed by atoms with Crippen molar-refractivity contribution in [1.29, 1.82) is 0 Å². The summed E-state index contributed by atoms with van der Waals surface area (Å²) < 4.78 is 2.63. The first-order chi connectivity index (χ1) is 9.31. The van der Waals surface area contributed by atoms with Crippen LogP contribution in [0.25, 0.3) is 25.7 Å². The summed E-state index contributed by atoms with van der Waals surface area (Å²) in [6.45, 7) is 7.85. The minimum atomic E-state index is 1.03. The quantitative estimate of drug-likeness (QED) is 0.522. The molecule has 0 amide bonds. The summed E-state index contributed by atoms with van der Waals surface area (Å²) in [4.78, 5) is 0. The van der Waals surface area contributed by atoms with Gasteiger partial charge < -0.3 is 0 Å². The molecule has 0 bridgehead atoms. The maximum atomic E-state index is 4.15. The maximum Gasteiger partial charge on any atom is 0.0433 e. The fourth-order valence-corrected chi connectivity index (χ4v) is 3.53. The summed E-state index contributed by atoms with van der Waals surface area (Å²) in [6, 6.07) is 14.9. The Morgan fingerprint density at radius 3 is 2.63 bits per heavy atom. The van der Waals surface area contributed by atoms with Crippen LogP contribution in [0.1, 0.15) is 5.56 Å². The van der Waals surface area contributed by atoms with Crippen molar-refractivity contribution in [3.05, 3.63) is 79.4 Å². The minimum absolute atomic E-state index is 1.03. The summed E-state index contributed by atoms with van der Waals surface area (Å²) in [6.07, 6.45) is 5.71. The fraction of sp³-hybridized carbons (Fsp3) is 0. The zero-order valence-corrected chi connectivity index (χ0v) is 11.4. The number of allylic oxidation sites excluding steroid dienone is 4. The number of thiophene rings is 1. The summed E-state index contributed by atoms with van der Waals surface area (Å²) >= 11 is 1.83. The van der Waals surface area contributed by atoms with Gasteiger partial charge in [0.15, 0.2) is 0 Å². The molecule has 1 aromatic heterocycles. The van der Waals surface area contributed by atoms with E-state index in [1.807, 2.05) is 23.5 Å². The number of benzene rings is 2. The molecule has 3 rings (SSSR count). The lowest BCUT2D eigenvalue weighted by atomic mass is 10.0. The number of hydrogen-bond donors (Lipinski definition) is 0. The number of hydrogen-bond acceptors (Lipinski definition) is 1. The number of fused-ring (bicyclic) bond motifs is 3. The highest BCUT2D eigenvalue weighted by Crippen LogP contribution is 2.37. The smallest absolute Gasteiger partial charge is 0.0433 e. The van der Waals surface area contributed by atoms with E-state index in [0.29, 0.717) is 0 Å².